The second-order valence-corrected chi connectivity index (χ2v) is 14.4. The average molecular weight is 271 g/mol. The molecule has 0 N–H and O–H groups in total. The lowest BCUT2D eigenvalue weighted by Gasteiger charge is -2.53. The third-order valence-electron chi connectivity index (χ3n) is 4.78. The Morgan fingerprint density at radius 2 is 1.06 bits per heavy atom. The van der Waals surface area contributed by atoms with Gasteiger partial charge in [0.2, 0.25) is 0 Å². The highest BCUT2D eigenvalue weighted by atomic mass is 28.3. The summed E-state index contributed by atoms with van der Waals surface area (Å²) < 4.78 is 0. The molecule has 0 aliphatic heterocycles. The standard InChI is InChI=1S/C17H38Si/c1-13(2)18(14(3)4)17(11,16(8,9)10)12-15(5,6)7/h13-14,18H,12H2,1-11H3. The molecule has 0 rings (SSSR count). The highest BCUT2D eigenvalue weighted by Gasteiger charge is 2.48. The summed E-state index contributed by atoms with van der Waals surface area (Å²) in [6, 6.07) is 0. The molecule has 0 amide bonds. The summed E-state index contributed by atoms with van der Waals surface area (Å²) in [7, 11) is -0.835. The summed E-state index contributed by atoms with van der Waals surface area (Å²) in [5.74, 6) is 0. The molecule has 18 heavy (non-hydrogen) atoms. The van der Waals surface area contributed by atoms with Crippen molar-refractivity contribution in [1.82, 2.24) is 0 Å². The van der Waals surface area contributed by atoms with Crippen LogP contribution < -0.4 is 0 Å². The molecular formula is C17H38Si. The first-order chi connectivity index (χ1) is 7.72. The van der Waals surface area contributed by atoms with Crippen molar-refractivity contribution >= 4 is 8.80 Å². The van der Waals surface area contributed by atoms with Crippen LogP contribution in [0.5, 0.6) is 0 Å². The SMILES string of the molecule is CC(C)[SiH](C(C)C)C(C)(CC(C)(C)C)C(C)(C)C. The second-order valence-electron chi connectivity index (χ2n) is 9.42. The molecule has 1 unspecified atom stereocenters. The Kier molecular flexibility index (Phi) is 5.76. The zero-order chi connectivity index (χ0) is 14.9. The predicted octanol–water partition coefficient (Wildman–Crippen LogP) is 6.28. The largest absolute Gasteiger partial charge is 0.0654 e. The Hall–Kier alpha value is 0.217. The summed E-state index contributed by atoms with van der Waals surface area (Å²) >= 11 is 0. The van der Waals surface area contributed by atoms with E-state index in [0.29, 0.717) is 15.9 Å². The van der Waals surface area contributed by atoms with Crippen molar-refractivity contribution in [3.8, 4) is 0 Å². The molecule has 110 valence electrons. The maximum absolute atomic E-state index is 2.59. The molecule has 0 aromatic carbocycles. The monoisotopic (exact) mass is 270 g/mol. The minimum atomic E-state index is -0.835. The van der Waals surface area contributed by atoms with Gasteiger partial charge in [-0.25, -0.2) is 0 Å². The third kappa shape index (κ3) is 4.40. The van der Waals surface area contributed by atoms with E-state index in [1.54, 1.807) is 0 Å². The summed E-state index contributed by atoms with van der Waals surface area (Å²) in [4.78, 5) is 0. The van der Waals surface area contributed by atoms with Crippen LogP contribution in [0.2, 0.25) is 16.1 Å². The molecule has 0 nitrogen and oxygen atoms in total. The number of rotatable bonds is 4. The van der Waals surface area contributed by atoms with Crippen molar-refractivity contribution < 1.29 is 0 Å². The molecule has 0 aliphatic rings. The molecule has 0 saturated heterocycles. The van der Waals surface area contributed by atoms with Crippen LogP contribution in [0.15, 0.2) is 0 Å². The molecule has 0 aromatic heterocycles. The Morgan fingerprint density at radius 3 is 1.22 bits per heavy atom. The Balaban J connectivity index is 5.59. The Morgan fingerprint density at radius 1 is 0.722 bits per heavy atom. The molecule has 0 bridgehead atoms. The topological polar surface area (TPSA) is 0 Å². The van der Waals surface area contributed by atoms with Gasteiger partial charge >= 0.3 is 0 Å². The Labute approximate surface area is 119 Å². The van der Waals surface area contributed by atoms with Crippen molar-refractivity contribution in [3.05, 3.63) is 0 Å². The molecule has 0 heterocycles. The van der Waals surface area contributed by atoms with Gasteiger partial charge in [0.1, 0.15) is 0 Å². The van der Waals surface area contributed by atoms with E-state index in [9.17, 15) is 0 Å². The van der Waals surface area contributed by atoms with E-state index in [2.05, 4.69) is 76.2 Å². The first-order valence-corrected chi connectivity index (χ1v) is 9.63. The van der Waals surface area contributed by atoms with Crippen LogP contribution in [-0.4, -0.2) is 8.80 Å². The van der Waals surface area contributed by atoms with E-state index in [4.69, 9.17) is 0 Å². The molecule has 0 spiro atoms. The van der Waals surface area contributed by atoms with Gasteiger partial charge in [0.15, 0.2) is 0 Å². The summed E-state index contributed by atoms with van der Waals surface area (Å²) in [5, 5.41) is 0.521. The minimum absolute atomic E-state index is 0.408. The number of hydrogen-bond acceptors (Lipinski definition) is 0. The van der Waals surface area contributed by atoms with Gasteiger partial charge in [0, 0.05) is 8.80 Å². The van der Waals surface area contributed by atoms with Crippen molar-refractivity contribution in [2.45, 2.75) is 98.7 Å². The Bertz CT molecular complexity index is 244. The molecular weight excluding hydrogens is 232 g/mol. The third-order valence-corrected chi connectivity index (χ3v) is 10.2. The molecule has 0 saturated carbocycles. The van der Waals surface area contributed by atoms with E-state index in [-0.39, 0.29) is 0 Å². The van der Waals surface area contributed by atoms with Gasteiger partial charge in [0.25, 0.3) is 0 Å². The van der Waals surface area contributed by atoms with Gasteiger partial charge in [0.05, 0.1) is 0 Å². The second kappa shape index (κ2) is 5.69. The predicted molar refractivity (Wildman–Crippen MR) is 89.2 cm³/mol. The van der Waals surface area contributed by atoms with Gasteiger partial charge in [-0.3, -0.25) is 0 Å². The van der Waals surface area contributed by atoms with Gasteiger partial charge in [-0.05, 0) is 22.3 Å². The fraction of sp³-hybridized carbons (Fsp3) is 1.00. The zero-order valence-electron chi connectivity index (χ0n) is 14.9. The lowest BCUT2D eigenvalue weighted by molar-refractivity contribution is 0.189. The molecule has 0 fully saturated rings. The van der Waals surface area contributed by atoms with Crippen LogP contribution in [0, 0.1) is 10.8 Å². The minimum Gasteiger partial charge on any atom is -0.0654 e. The number of hydrogen-bond donors (Lipinski definition) is 0. The van der Waals surface area contributed by atoms with E-state index in [1.807, 2.05) is 0 Å². The van der Waals surface area contributed by atoms with Crippen LogP contribution in [0.25, 0.3) is 0 Å². The first-order valence-electron chi connectivity index (χ1n) is 7.72. The zero-order valence-corrected chi connectivity index (χ0v) is 16.1. The van der Waals surface area contributed by atoms with E-state index in [0.717, 1.165) is 11.1 Å². The average Bonchev–Trinajstić information content (AvgIpc) is 1.94. The molecule has 1 heteroatoms. The smallest absolute Gasteiger partial charge is 0.0486 e. The lowest BCUT2D eigenvalue weighted by atomic mass is 9.72. The van der Waals surface area contributed by atoms with Gasteiger partial charge in [-0.1, -0.05) is 87.2 Å². The summed E-state index contributed by atoms with van der Waals surface area (Å²) in [6.45, 7) is 27.0. The van der Waals surface area contributed by atoms with E-state index < -0.39 is 8.80 Å². The fourth-order valence-corrected chi connectivity index (χ4v) is 10.6. The normalized spacial score (nSPS) is 17.7. The van der Waals surface area contributed by atoms with Crippen LogP contribution in [0.4, 0.5) is 0 Å². The first kappa shape index (κ1) is 18.2. The fourth-order valence-electron chi connectivity index (χ4n) is 4.23. The van der Waals surface area contributed by atoms with Gasteiger partial charge in [-0.2, -0.15) is 0 Å². The maximum Gasteiger partial charge on any atom is 0.0486 e. The summed E-state index contributed by atoms with van der Waals surface area (Å²) in [6.07, 6.45) is 1.36. The van der Waals surface area contributed by atoms with Crippen LogP contribution in [0.1, 0.15) is 82.6 Å². The van der Waals surface area contributed by atoms with Crippen molar-refractivity contribution in [2.75, 3.05) is 0 Å². The van der Waals surface area contributed by atoms with Crippen LogP contribution >= 0.6 is 0 Å². The van der Waals surface area contributed by atoms with Crippen molar-refractivity contribution in [3.63, 3.8) is 0 Å². The van der Waals surface area contributed by atoms with Crippen molar-refractivity contribution in [2.24, 2.45) is 10.8 Å². The van der Waals surface area contributed by atoms with Crippen molar-refractivity contribution in [1.29, 1.82) is 0 Å². The maximum atomic E-state index is 2.59. The lowest BCUT2D eigenvalue weighted by Crippen LogP contribution is -2.46. The van der Waals surface area contributed by atoms with Gasteiger partial charge in [-0.15, -0.1) is 0 Å². The molecule has 0 aliphatic carbocycles. The van der Waals surface area contributed by atoms with Crippen LogP contribution in [-0.2, 0) is 0 Å². The van der Waals surface area contributed by atoms with E-state index in [1.165, 1.54) is 6.42 Å². The van der Waals surface area contributed by atoms with Crippen LogP contribution in [0.3, 0.4) is 0 Å². The van der Waals surface area contributed by atoms with Gasteiger partial charge < -0.3 is 0 Å². The highest BCUT2D eigenvalue weighted by Crippen LogP contribution is 2.58. The molecule has 0 radical (unpaired) electrons. The quantitative estimate of drug-likeness (QED) is 0.528. The molecule has 1 atom stereocenters. The molecule has 0 aromatic rings. The highest BCUT2D eigenvalue weighted by molar-refractivity contribution is 6.65. The van der Waals surface area contributed by atoms with E-state index >= 15 is 0 Å². The summed E-state index contributed by atoms with van der Waals surface area (Å²) in [5.41, 5.74) is 2.61.